The highest BCUT2D eigenvalue weighted by molar-refractivity contribution is 5.79. The van der Waals surface area contributed by atoms with E-state index in [9.17, 15) is 4.79 Å². The van der Waals surface area contributed by atoms with Crippen molar-refractivity contribution in [2.24, 2.45) is 0 Å². The van der Waals surface area contributed by atoms with Gasteiger partial charge >= 0.3 is 0 Å². The van der Waals surface area contributed by atoms with Crippen molar-refractivity contribution in [3.8, 4) is 0 Å². The van der Waals surface area contributed by atoms with E-state index in [4.69, 9.17) is 0 Å². The molecule has 1 N–H and O–H groups in total. The Morgan fingerprint density at radius 3 is 2.60 bits per heavy atom. The number of nitrogens with one attached hydrogen (secondary N) is 1. The molecule has 7 heteroatoms. The smallest absolute Gasteiger partial charge is 0.253 e. The van der Waals surface area contributed by atoms with Crippen molar-refractivity contribution in [2.45, 2.75) is 70.4 Å². The lowest BCUT2D eigenvalue weighted by Crippen LogP contribution is -2.39. The maximum Gasteiger partial charge on any atom is 0.253 e. The molecule has 1 saturated carbocycles. The number of piperidine rings is 1. The molecule has 2 fully saturated rings. The van der Waals surface area contributed by atoms with Crippen LogP contribution in [0, 0.1) is 6.92 Å². The van der Waals surface area contributed by atoms with Crippen LogP contribution >= 0.6 is 0 Å². The summed E-state index contributed by atoms with van der Waals surface area (Å²) in [5, 5.41) is 14.0. The van der Waals surface area contributed by atoms with Crippen LogP contribution in [0.25, 0.3) is 10.9 Å². The fourth-order valence-electron chi connectivity index (χ4n) is 5.18. The zero-order chi connectivity index (χ0) is 20.5. The fourth-order valence-corrected chi connectivity index (χ4v) is 5.18. The van der Waals surface area contributed by atoms with Gasteiger partial charge in [-0.15, -0.1) is 5.10 Å². The van der Waals surface area contributed by atoms with Crippen LogP contribution < -0.4 is 5.56 Å². The van der Waals surface area contributed by atoms with Crippen LogP contribution in [0.5, 0.6) is 0 Å². The Balaban J connectivity index is 1.63. The van der Waals surface area contributed by atoms with Gasteiger partial charge in [-0.25, -0.2) is 4.68 Å². The second kappa shape index (κ2) is 8.30. The van der Waals surface area contributed by atoms with E-state index < -0.39 is 0 Å². The molecule has 1 saturated heterocycles. The van der Waals surface area contributed by atoms with Crippen LogP contribution in [0.3, 0.4) is 0 Å². The first-order valence-electron chi connectivity index (χ1n) is 11.4. The molecule has 0 spiro atoms. The first-order valence-corrected chi connectivity index (χ1v) is 11.4. The van der Waals surface area contributed by atoms with Gasteiger partial charge in [0.15, 0.2) is 5.82 Å². The Morgan fingerprint density at radius 2 is 1.80 bits per heavy atom. The summed E-state index contributed by atoms with van der Waals surface area (Å²) < 4.78 is 2.03. The third-order valence-electron chi connectivity index (χ3n) is 6.76. The number of aromatic amines is 1. The minimum atomic E-state index is -0.211. The Hall–Kier alpha value is -2.54. The van der Waals surface area contributed by atoms with Gasteiger partial charge in [0.05, 0.1) is 6.04 Å². The molecule has 1 aliphatic heterocycles. The Labute approximate surface area is 176 Å². The lowest BCUT2D eigenvalue weighted by molar-refractivity contribution is 0.171. The molecule has 3 heterocycles. The van der Waals surface area contributed by atoms with Gasteiger partial charge in [0, 0.05) is 11.1 Å². The normalized spacial score (nSPS) is 19.9. The Morgan fingerprint density at radius 1 is 1.03 bits per heavy atom. The second-order valence-corrected chi connectivity index (χ2v) is 8.92. The van der Waals surface area contributed by atoms with Gasteiger partial charge < -0.3 is 4.98 Å². The van der Waals surface area contributed by atoms with Crippen LogP contribution in [0.15, 0.2) is 29.1 Å². The monoisotopic (exact) mass is 406 g/mol. The quantitative estimate of drug-likeness (QED) is 0.711. The summed E-state index contributed by atoms with van der Waals surface area (Å²) in [5.41, 5.74) is 2.73. The molecule has 30 heavy (non-hydrogen) atoms. The van der Waals surface area contributed by atoms with E-state index in [1.54, 1.807) is 0 Å². The lowest BCUT2D eigenvalue weighted by atomic mass is 9.94. The molecule has 5 rings (SSSR count). The molecule has 7 nitrogen and oxygen atoms in total. The third-order valence-corrected chi connectivity index (χ3v) is 6.76. The van der Waals surface area contributed by atoms with E-state index in [0.717, 1.165) is 66.6 Å². The SMILES string of the molecule is Cc1ccc2cc([C@H](c3nnnn3C3CCCCC3)N3CCCCC3)c(=O)[nH]c2c1. The Bertz CT molecular complexity index is 1070. The molecular weight excluding hydrogens is 376 g/mol. The van der Waals surface area contributed by atoms with Crippen molar-refractivity contribution in [1.29, 1.82) is 0 Å². The van der Waals surface area contributed by atoms with Gasteiger partial charge in [-0.05, 0) is 79.2 Å². The molecule has 1 atom stereocenters. The van der Waals surface area contributed by atoms with E-state index >= 15 is 0 Å². The van der Waals surface area contributed by atoms with Crippen LogP contribution in [0.1, 0.15) is 80.4 Å². The van der Waals surface area contributed by atoms with Crippen LogP contribution in [-0.2, 0) is 0 Å². The Kier molecular flexibility index (Phi) is 5.37. The number of pyridine rings is 1. The van der Waals surface area contributed by atoms with E-state index in [2.05, 4.69) is 37.5 Å². The first kappa shape index (κ1) is 19.4. The summed E-state index contributed by atoms with van der Waals surface area (Å²) in [5.74, 6) is 0.820. The second-order valence-electron chi connectivity index (χ2n) is 8.92. The first-order chi connectivity index (χ1) is 14.7. The molecule has 3 aromatic rings. The predicted octanol–water partition coefficient (Wildman–Crippen LogP) is 3.90. The zero-order valence-electron chi connectivity index (χ0n) is 17.7. The number of fused-ring (bicyclic) bond motifs is 1. The van der Waals surface area contributed by atoms with Crippen molar-refractivity contribution in [3.63, 3.8) is 0 Å². The van der Waals surface area contributed by atoms with E-state index in [1.165, 1.54) is 25.7 Å². The van der Waals surface area contributed by atoms with Gasteiger partial charge in [0.2, 0.25) is 0 Å². The summed E-state index contributed by atoms with van der Waals surface area (Å²) in [6, 6.07) is 8.37. The number of hydrogen-bond acceptors (Lipinski definition) is 5. The van der Waals surface area contributed by atoms with Gasteiger partial charge in [-0.3, -0.25) is 9.69 Å². The summed E-state index contributed by atoms with van der Waals surface area (Å²) >= 11 is 0. The van der Waals surface area contributed by atoms with Crippen molar-refractivity contribution < 1.29 is 0 Å². The number of nitrogens with zero attached hydrogens (tertiary/aromatic N) is 5. The molecule has 0 radical (unpaired) electrons. The van der Waals surface area contributed by atoms with Gasteiger partial charge in [0.25, 0.3) is 5.56 Å². The van der Waals surface area contributed by atoms with E-state index in [-0.39, 0.29) is 11.6 Å². The van der Waals surface area contributed by atoms with E-state index in [1.807, 2.05) is 23.7 Å². The van der Waals surface area contributed by atoms with Crippen LogP contribution in [0.2, 0.25) is 0 Å². The number of aromatic nitrogens is 5. The van der Waals surface area contributed by atoms with E-state index in [0.29, 0.717) is 6.04 Å². The fraction of sp³-hybridized carbons (Fsp3) is 0.565. The number of hydrogen-bond donors (Lipinski definition) is 1. The number of aryl methyl sites for hydroxylation is 1. The average Bonchev–Trinajstić information content (AvgIpc) is 3.25. The predicted molar refractivity (Wildman–Crippen MR) is 117 cm³/mol. The van der Waals surface area contributed by atoms with Crippen molar-refractivity contribution in [3.05, 3.63) is 51.6 Å². The highest BCUT2D eigenvalue weighted by Gasteiger charge is 2.33. The maximum atomic E-state index is 13.3. The standard InChI is InChI=1S/C23H30N6O/c1-16-10-11-17-15-19(23(30)24-20(17)14-16)21(28-12-6-3-7-13-28)22-25-26-27-29(22)18-8-4-2-5-9-18/h10-11,14-15,18,21H,2-9,12-13H2,1H3,(H,24,30)/t21-/m1/s1. The average molecular weight is 407 g/mol. The van der Waals surface area contributed by atoms with Crippen LogP contribution in [-0.4, -0.2) is 43.2 Å². The van der Waals surface area contributed by atoms with Crippen molar-refractivity contribution in [2.75, 3.05) is 13.1 Å². The summed E-state index contributed by atoms with van der Waals surface area (Å²) in [4.78, 5) is 18.8. The molecule has 2 aromatic heterocycles. The molecule has 0 unspecified atom stereocenters. The molecule has 2 aliphatic rings. The summed E-state index contributed by atoms with van der Waals surface area (Å²) in [6.07, 6.45) is 9.47. The lowest BCUT2D eigenvalue weighted by Gasteiger charge is -2.34. The van der Waals surface area contributed by atoms with Gasteiger partial charge in [-0.2, -0.15) is 0 Å². The summed E-state index contributed by atoms with van der Waals surface area (Å²) in [6.45, 7) is 3.97. The molecular formula is C23H30N6O. The zero-order valence-corrected chi connectivity index (χ0v) is 17.7. The largest absolute Gasteiger partial charge is 0.322 e. The highest BCUT2D eigenvalue weighted by atomic mass is 16.1. The highest BCUT2D eigenvalue weighted by Crippen LogP contribution is 2.34. The molecule has 1 aliphatic carbocycles. The molecule has 158 valence electrons. The maximum absolute atomic E-state index is 13.3. The number of rotatable bonds is 4. The molecule has 0 amide bonds. The summed E-state index contributed by atoms with van der Waals surface area (Å²) in [7, 11) is 0. The van der Waals surface area contributed by atoms with Crippen LogP contribution in [0.4, 0.5) is 0 Å². The third kappa shape index (κ3) is 3.67. The van der Waals surface area contributed by atoms with Gasteiger partial charge in [0.1, 0.15) is 6.04 Å². The number of benzene rings is 1. The molecule has 1 aromatic carbocycles. The topological polar surface area (TPSA) is 79.7 Å². The number of likely N-dealkylation sites (tertiary alicyclic amines) is 1. The minimum Gasteiger partial charge on any atom is -0.322 e. The minimum absolute atomic E-state index is 0.0399. The van der Waals surface area contributed by atoms with Crippen molar-refractivity contribution in [1.82, 2.24) is 30.1 Å². The number of tetrazole rings is 1. The number of H-pyrrole nitrogens is 1. The van der Waals surface area contributed by atoms with Crippen molar-refractivity contribution >= 4 is 10.9 Å². The van der Waals surface area contributed by atoms with Gasteiger partial charge in [-0.1, -0.05) is 37.8 Å². The molecule has 0 bridgehead atoms.